The monoisotopic (exact) mass is 310 g/mol. The van der Waals surface area contributed by atoms with E-state index in [0.717, 1.165) is 37.5 Å². The Balaban J connectivity index is 1.52. The molecule has 0 atom stereocenters. The van der Waals surface area contributed by atoms with Gasteiger partial charge in [-0.2, -0.15) is 0 Å². The van der Waals surface area contributed by atoms with Crippen molar-refractivity contribution in [1.82, 2.24) is 0 Å². The van der Waals surface area contributed by atoms with Gasteiger partial charge < -0.3 is 14.2 Å². The van der Waals surface area contributed by atoms with Gasteiger partial charge >= 0.3 is 11.9 Å². The van der Waals surface area contributed by atoms with Gasteiger partial charge in [0.1, 0.15) is 5.60 Å². The van der Waals surface area contributed by atoms with E-state index in [1.54, 1.807) is 0 Å². The fraction of sp³-hybridized carbons (Fsp3) is 0.812. The molecule has 4 rings (SSSR count). The molecule has 4 bridgehead atoms. The summed E-state index contributed by atoms with van der Waals surface area (Å²) in [6.07, 6.45) is 5.91. The average Bonchev–Trinajstić information content (AvgIpc) is 2.48. The van der Waals surface area contributed by atoms with Crippen molar-refractivity contribution >= 4 is 18.4 Å². The lowest BCUT2D eigenvalue weighted by atomic mass is 9.50. The minimum Gasteiger partial charge on any atom is -0.456 e. The van der Waals surface area contributed by atoms with Crippen LogP contribution >= 0.6 is 0 Å². The molecule has 4 saturated carbocycles. The number of ether oxygens (including phenoxy) is 3. The molecule has 0 radical (unpaired) electrons. The molecule has 4 aliphatic rings. The number of esters is 2. The highest BCUT2D eigenvalue weighted by Gasteiger charge is 2.57. The van der Waals surface area contributed by atoms with Gasteiger partial charge in [-0.15, -0.1) is 0 Å². The molecule has 4 fully saturated rings. The molecule has 0 saturated heterocycles. The summed E-state index contributed by atoms with van der Waals surface area (Å²) in [5, 5.41) is 0. The first-order valence-electron chi connectivity index (χ1n) is 7.94. The molecular weight excluding hydrogens is 288 g/mol. The normalized spacial score (nSPS) is 38.4. The second kappa shape index (κ2) is 5.89. The van der Waals surface area contributed by atoms with Crippen LogP contribution in [0.3, 0.4) is 0 Å². The summed E-state index contributed by atoms with van der Waals surface area (Å²) < 4.78 is 14.8. The number of hydrogen-bond donors (Lipinski definition) is 0. The van der Waals surface area contributed by atoms with Crippen molar-refractivity contribution in [3.63, 3.8) is 0 Å². The highest BCUT2D eigenvalue weighted by molar-refractivity contribution is 5.77. The summed E-state index contributed by atoms with van der Waals surface area (Å²) in [6, 6.07) is 0. The van der Waals surface area contributed by atoms with E-state index in [-0.39, 0.29) is 6.47 Å². The van der Waals surface area contributed by atoms with Gasteiger partial charge in [0.25, 0.3) is 6.47 Å². The van der Waals surface area contributed by atoms with Crippen LogP contribution in [0.2, 0.25) is 0 Å². The van der Waals surface area contributed by atoms with Crippen molar-refractivity contribution in [3.05, 3.63) is 0 Å². The molecule has 0 amide bonds. The van der Waals surface area contributed by atoms with Crippen LogP contribution in [-0.4, -0.2) is 37.2 Å². The molecule has 0 aromatic rings. The van der Waals surface area contributed by atoms with E-state index in [0.29, 0.717) is 11.8 Å². The summed E-state index contributed by atoms with van der Waals surface area (Å²) in [4.78, 5) is 33.2. The molecule has 0 aromatic carbocycles. The zero-order chi connectivity index (χ0) is 15.7. The highest BCUT2D eigenvalue weighted by atomic mass is 16.6. The Hall–Kier alpha value is -1.59. The summed E-state index contributed by atoms with van der Waals surface area (Å²) in [5.74, 6) is 1.19. The fourth-order valence-electron chi connectivity index (χ4n) is 4.84. The van der Waals surface area contributed by atoms with Gasteiger partial charge in [-0.3, -0.25) is 4.79 Å². The van der Waals surface area contributed by atoms with Gasteiger partial charge in [-0.25, -0.2) is 9.59 Å². The quantitative estimate of drug-likeness (QED) is 0.420. The van der Waals surface area contributed by atoms with Gasteiger partial charge in [-0.1, -0.05) is 0 Å². The molecule has 0 aromatic heterocycles. The van der Waals surface area contributed by atoms with Gasteiger partial charge in [0.05, 0.1) is 0 Å². The van der Waals surface area contributed by atoms with E-state index in [4.69, 9.17) is 9.47 Å². The van der Waals surface area contributed by atoms with Crippen LogP contribution in [0.15, 0.2) is 0 Å². The SMILES string of the molecule is CC1(OC(=O)COC(=O)COC=O)C2CC3CC(C2)CC1C3. The number of rotatable bonds is 6. The Morgan fingerprint density at radius 3 is 2.14 bits per heavy atom. The van der Waals surface area contributed by atoms with E-state index < -0.39 is 30.8 Å². The Bertz CT molecular complexity index is 443. The van der Waals surface area contributed by atoms with E-state index in [1.807, 2.05) is 6.92 Å². The van der Waals surface area contributed by atoms with Crippen LogP contribution in [0.1, 0.15) is 39.0 Å². The average molecular weight is 310 g/mol. The third-order valence-corrected chi connectivity index (χ3v) is 5.71. The molecular formula is C16H22O6. The summed E-state index contributed by atoms with van der Waals surface area (Å²) in [5.41, 5.74) is -0.420. The topological polar surface area (TPSA) is 78.9 Å². The van der Waals surface area contributed by atoms with Crippen LogP contribution in [0.4, 0.5) is 0 Å². The molecule has 0 spiro atoms. The molecule has 0 unspecified atom stereocenters. The number of hydrogen-bond acceptors (Lipinski definition) is 6. The Morgan fingerprint density at radius 2 is 1.59 bits per heavy atom. The molecule has 6 heteroatoms. The number of carbonyl (C=O) groups excluding carboxylic acids is 3. The van der Waals surface area contributed by atoms with Crippen LogP contribution in [0.25, 0.3) is 0 Å². The summed E-state index contributed by atoms with van der Waals surface area (Å²) >= 11 is 0. The third kappa shape index (κ3) is 2.83. The highest BCUT2D eigenvalue weighted by Crippen LogP contribution is 2.59. The molecule has 122 valence electrons. The maximum Gasteiger partial charge on any atom is 0.344 e. The Morgan fingerprint density at radius 1 is 1.00 bits per heavy atom. The van der Waals surface area contributed by atoms with E-state index in [1.165, 1.54) is 6.42 Å². The second-order valence-corrected chi connectivity index (χ2v) is 7.03. The summed E-state index contributed by atoms with van der Waals surface area (Å²) in [7, 11) is 0. The zero-order valence-corrected chi connectivity index (χ0v) is 12.8. The van der Waals surface area contributed by atoms with Crippen molar-refractivity contribution in [2.24, 2.45) is 23.7 Å². The van der Waals surface area contributed by atoms with Gasteiger partial charge in [0.2, 0.25) is 0 Å². The van der Waals surface area contributed by atoms with Crippen LogP contribution < -0.4 is 0 Å². The molecule has 6 nitrogen and oxygen atoms in total. The predicted octanol–water partition coefficient (Wildman–Crippen LogP) is 1.46. The molecule has 0 N–H and O–H groups in total. The Kier molecular flexibility index (Phi) is 4.10. The van der Waals surface area contributed by atoms with Crippen molar-refractivity contribution in [1.29, 1.82) is 0 Å². The van der Waals surface area contributed by atoms with E-state index in [9.17, 15) is 14.4 Å². The first kappa shape index (κ1) is 15.3. The lowest BCUT2D eigenvalue weighted by molar-refractivity contribution is -0.207. The molecule has 4 aliphatic carbocycles. The van der Waals surface area contributed by atoms with Crippen LogP contribution in [0, 0.1) is 23.7 Å². The standard InChI is InChI=1S/C16H22O6/c1-16(22-15(19)8-21-14(18)7-20-9-17)12-3-10-2-11(5-12)6-13(16)4-10/h9-13H,2-8H2,1H3. The third-order valence-electron chi connectivity index (χ3n) is 5.71. The largest absolute Gasteiger partial charge is 0.456 e. The first-order chi connectivity index (χ1) is 10.5. The van der Waals surface area contributed by atoms with Gasteiger partial charge in [0, 0.05) is 0 Å². The van der Waals surface area contributed by atoms with Crippen molar-refractivity contribution in [2.75, 3.05) is 13.2 Å². The minimum absolute atomic E-state index is 0.162. The second-order valence-electron chi connectivity index (χ2n) is 7.03. The van der Waals surface area contributed by atoms with Crippen molar-refractivity contribution in [2.45, 2.75) is 44.6 Å². The van der Waals surface area contributed by atoms with Gasteiger partial charge in [0.15, 0.2) is 13.2 Å². The van der Waals surface area contributed by atoms with Crippen LogP contribution in [0.5, 0.6) is 0 Å². The molecule has 22 heavy (non-hydrogen) atoms. The fourth-order valence-corrected chi connectivity index (χ4v) is 4.84. The minimum atomic E-state index is -0.751. The number of carbonyl (C=O) groups is 3. The zero-order valence-electron chi connectivity index (χ0n) is 12.8. The van der Waals surface area contributed by atoms with Crippen LogP contribution in [-0.2, 0) is 28.6 Å². The molecule has 0 aliphatic heterocycles. The Labute approximate surface area is 129 Å². The van der Waals surface area contributed by atoms with E-state index >= 15 is 0 Å². The predicted molar refractivity (Wildman–Crippen MR) is 74.5 cm³/mol. The van der Waals surface area contributed by atoms with Gasteiger partial charge in [-0.05, 0) is 62.7 Å². The first-order valence-corrected chi connectivity index (χ1v) is 7.94. The smallest absolute Gasteiger partial charge is 0.344 e. The molecule has 0 heterocycles. The maximum atomic E-state index is 12.0. The van der Waals surface area contributed by atoms with E-state index in [2.05, 4.69) is 4.74 Å². The summed E-state index contributed by atoms with van der Waals surface area (Å²) in [6.45, 7) is 1.29. The van der Waals surface area contributed by atoms with Crippen molar-refractivity contribution < 1.29 is 28.6 Å². The van der Waals surface area contributed by atoms with Crippen molar-refractivity contribution in [3.8, 4) is 0 Å². The lowest BCUT2D eigenvalue weighted by Crippen LogP contribution is -2.58. The maximum absolute atomic E-state index is 12.0. The lowest BCUT2D eigenvalue weighted by Gasteiger charge is -2.59.